The summed E-state index contributed by atoms with van der Waals surface area (Å²) in [5.41, 5.74) is 3.55. The Morgan fingerprint density at radius 3 is 2.35 bits per heavy atom. The largest absolute Gasteiger partial charge is 0.495 e. The Kier molecular flexibility index (Phi) is 6.95. The minimum atomic E-state index is -3.79. The van der Waals surface area contributed by atoms with Gasteiger partial charge in [-0.1, -0.05) is 12.5 Å². The van der Waals surface area contributed by atoms with Crippen LogP contribution in [0, 0.1) is 13.8 Å². The summed E-state index contributed by atoms with van der Waals surface area (Å²) in [6.07, 6.45) is 2.69. The smallest absolute Gasteiger partial charge is 0.275 e. The van der Waals surface area contributed by atoms with Crippen molar-refractivity contribution in [2.45, 2.75) is 38.0 Å². The number of likely N-dealkylation sites (N-methyl/N-ethyl adjacent to an activating group) is 1. The second-order valence-corrected chi connectivity index (χ2v) is 11.8. The van der Waals surface area contributed by atoms with Crippen LogP contribution in [0.2, 0.25) is 0 Å². The average Bonchev–Trinajstić information content (AvgIpc) is 3.28. The highest BCUT2D eigenvalue weighted by atomic mass is 32.2. The number of aryl methyl sites for hydroxylation is 2. The minimum absolute atomic E-state index is 0.0936. The molecule has 1 aromatic carbocycles. The molecule has 0 unspecified atom stereocenters. The molecule has 2 fully saturated rings. The molecule has 1 amide bonds. The fourth-order valence-corrected chi connectivity index (χ4v) is 6.87. The molecular weight excluding hydrogens is 492 g/mol. The van der Waals surface area contributed by atoms with Crippen LogP contribution in [0.3, 0.4) is 0 Å². The summed E-state index contributed by atoms with van der Waals surface area (Å²) < 4.78 is 36.1. The van der Waals surface area contributed by atoms with E-state index in [9.17, 15) is 13.2 Å². The number of rotatable bonds is 5. The molecule has 2 aromatic heterocycles. The van der Waals surface area contributed by atoms with Crippen molar-refractivity contribution in [3.8, 4) is 16.9 Å². The Labute approximate surface area is 217 Å². The van der Waals surface area contributed by atoms with Crippen molar-refractivity contribution in [3.05, 3.63) is 41.3 Å². The minimum Gasteiger partial charge on any atom is -0.495 e. The summed E-state index contributed by atoms with van der Waals surface area (Å²) in [7, 11) is -0.282. The third-order valence-corrected chi connectivity index (χ3v) is 9.19. The maximum absolute atomic E-state index is 13.8. The highest BCUT2D eigenvalue weighted by Crippen LogP contribution is 2.36. The summed E-state index contributed by atoms with van der Waals surface area (Å²) >= 11 is 0. The van der Waals surface area contributed by atoms with Gasteiger partial charge in [0.25, 0.3) is 5.91 Å². The van der Waals surface area contributed by atoms with E-state index in [0.717, 1.165) is 43.7 Å². The van der Waals surface area contributed by atoms with E-state index in [2.05, 4.69) is 4.90 Å². The fourth-order valence-electron chi connectivity index (χ4n) is 5.17. The number of ether oxygens (including phenoxy) is 1. The molecule has 0 aliphatic carbocycles. The molecule has 0 N–H and O–H groups in total. The van der Waals surface area contributed by atoms with Crippen LogP contribution < -0.4 is 4.74 Å². The quantitative estimate of drug-likeness (QED) is 0.504. The summed E-state index contributed by atoms with van der Waals surface area (Å²) in [6.45, 7) is 7.56. The molecule has 0 saturated carbocycles. The third kappa shape index (κ3) is 4.71. The zero-order valence-electron chi connectivity index (χ0n) is 21.9. The normalized spacial score (nSPS) is 17.9. The first-order valence-corrected chi connectivity index (χ1v) is 14.2. The average molecular weight is 527 g/mol. The Hall–Kier alpha value is -3.02. The first-order chi connectivity index (χ1) is 17.7. The van der Waals surface area contributed by atoms with Crippen molar-refractivity contribution in [3.63, 3.8) is 0 Å². The van der Waals surface area contributed by atoms with E-state index in [-0.39, 0.29) is 22.2 Å². The van der Waals surface area contributed by atoms with E-state index in [0.29, 0.717) is 43.0 Å². The summed E-state index contributed by atoms with van der Waals surface area (Å²) in [4.78, 5) is 22.6. The molecule has 37 heavy (non-hydrogen) atoms. The van der Waals surface area contributed by atoms with Crippen LogP contribution in [0.5, 0.6) is 5.75 Å². The number of piperidine rings is 1. The van der Waals surface area contributed by atoms with Gasteiger partial charge in [0.1, 0.15) is 10.6 Å². The van der Waals surface area contributed by atoms with E-state index in [1.807, 2.05) is 31.9 Å². The Bertz CT molecular complexity index is 1440. The maximum atomic E-state index is 13.8. The molecule has 5 rings (SSSR count). The van der Waals surface area contributed by atoms with Gasteiger partial charge < -0.3 is 14.5 Å². The molecule has 0 spiro atoms. The van der Waals surface area contributed by atoms with Gasteiger partial charge in [-0.25, -0.2) is 17.9 Å². The molecule has 198 valence electrons. The maximum Gasteiger partial charge on any atom is 0.275 e. The van der Waals surface area contributed by atoms with Crippen molar-refractivity contribution in [1.29, 1.82) is 0 Å². The second-order valence-electron chi connectivity index (χ2n) is 9.92. The SMILES string of the molecule is COc1ccc(-c2c(C(=O)N3CCN(C)CC3)nn3c(C)cc(C)nc23)cc1S(=O)(=O)N1CCCCC1. The van der Waals surface area contributed by atoms with Crippen molar-refractivity contribution in [1.82, 2.24) is 28.7 Å². The Morgan fingerprint density at radius 1 is 0.973 bits per heavy atom. The number of nitrogens with zero attached hydrogens (tertiary/aromatic N) is 6. The molecule has 2 aliphatic heterocycles. The Morgan fingerprint density at radius 2 is 1.68 bits per heavy atom. The molecule has 2 saturated heterocycles. The van der Waals surface area contributed by atoms with Crippen molar-refractivity contribution in [2.75, 3.05) is 53.4 Å². The van der Waals surface area contributed by atoms with Crippen molar-refractivity contribution < 1.29 is 17.9 Å². The monoisotopic (exact) mass is 526 g/mol. The predicted octanol–water partition coefficient (Wildman–Crippen LogP) is 2.58. The van der Waals surface area contributed by atoms with E-state index in [1.54, 1.807) is 22.7 Å². The molecule has 2 aliphatic rings. The first-order valence-electron chi connectivity index (χ1n) is 12.7. The van der Waals surface area contributed by atoms with Crippen LogP contribution in [0.15, 0.2) is 29.2 Å². The first kappa shape index (κ1) is 25.6. The molecular formula is C26H34N6O4S. The summed E-state index contributed by atoms with van der Waals surface area (Å²) in [5.74, 6) is 0.0972. The van der Waals surface area contributed by atoms with Gasteiger partial charge >= 0.3 is 0 Å². The lowest BCUT2D eigenvalue weighted by Crippen LogP contribution is -2.47. The lowest BCUT2D eigenvalue weighted by atomic mass is 10.0. The number of hydrogen-bond acceptors (Lipinski definition) is 7. The number of fused-ring (bicyclic) bond motifs is 1. The highest BCUT2D eigenvalue weighted by Gasteiger charge is 2.32. The van der Waals surface area contributed by atoms with Gasteiger partial charge in [0.05, 0.1) is 12.7 Å². The number of methoxy groups -OCH3 is 1. The van der Waals surface area contributed by atoms with Gasteiger partial charge in [-0.05, 0) is 57.5 Å². The van der Waals surface area contributed by atoms with Crippen LogP contribution in [0.4, 0.5) is 0 Å². The molecule has 10 nitrogen and oxygen atoms in total. The standard InChI is InChI=1S/C26H34N6O4S/c1-18-16-19(2)32-25(27-18)23(24(28-32)26(33)30-14-12-29(3)13-15-30)20-8-9-21(36-4)22(17-20)37(34,35)31-10-6-5-7-11-31/h8-9,16-17H,5-7,10-15H2,1-4H3. The van der Waals surface area contributed by atoms with E-state index in [4.69, 9.17) is 14.8 Å². The zero-order chi connectivity index (χ0) is 26.3. The van der Waals surface area contributed by atoms with Gasteiger partial charge in [0.15, 0.2) is 11.3 Å². The van der Waals surface area contributed by atoms with E-state index in [1.165, 1.54) is 11.4 Å². The van der Waals surface area contributed by atoms with Crippen LogP contribution in [-0.4, -0.2) is 96.5 Å². The highest BCUT2D eigenvalue weighted by molar-refractivity contribution is 7.89. The molecule has 0 atom stereocenters. The van der Waals surface area contributed by atoms with Crippen LogP contribution in [0.1, 0.15) is 41.1 Å². The van der Waals surface area contributed by atoms with Crippen molar-refractivity contribution in [2.24, 2.45) is 0 Å². The number of carbonyl (C=O) groups is 1. The van der Waals surface area contributed by atoms with Crippen molar-refractivity contribution >= 4 is 21.6 Å². The number of benzene rings is 1. The Balaban J connectivity index is 1.68. The number of sulfonamides is 1. The predicted molar refractivity (Wildman–Crippen MR) is 140 cm³/mol. The summed E-state index contributed by atoms with van der Waals surface area (Å²) in [6, 6.07) is 6.96. The number of aromatic nitrogens is 3. The van der Waals surface area contributed by atoms with E-state index < -0.39 is 10.0 Å². The van der Waals surface area contributed by atoms with Crippen LogP contribution in [0.25, 0.3) is 16.8 Å². The number of piperazine rings is 1. The van der Waals surface area contributed by atoms with Crippen LogP contribution >= 0.6 is 0 Å². The van der Waals surface area contributed by atoms with Gasteiger partial charge in [-0.3, -0.25) is 4.79 Å². The number of amides is 1. The van der Waals surface area contributed by atoms with Crippen LogP contribution in [-0.2, 0) is 10.0 Å². The second kappa shape index (κ2) is 10.0. The third-order valence-electron chi connectivity index (χ3n) is 7.27. The van der Waals surface area contributed by atoms with Gasteiger partial charge in [-0.2, -0.15) is 9.40 Å². The summed E-state index contributed by atoms with van der Waals surface area (Å²) in [5, 5.41) is 4.71. The molecule has 3 aromatic rings. The lowest BCUT2D eigenvalue weighted by Gasteiger charge is -2.32. The lowest BCUT2D eigenvalue weighted by molar-refractivity contribution is 0.0658. The fraction of sp³-hybridized carbons (Fsp3) is 0.500. The molecule has 0 bridgehead atoms. The van der Waals surface area contributed by atoms with Gasteiger partial charge in [0.2, 0.25) is 10.0 Å². The zero-order valence-corrected chi connectivity index (χ0v) is 22.7. The molecule has 0 radical (unpaired) electrons. The number of hydrogen-bond donors (Lipinski definition) is 0. The molecule has 4 heterocycles. The topological polar surface area (TPSA) is 100 Å². The van der Waals surface area contributed by atoms with E-state index >= 15 is 0 Å². The van der Waals surface area contributed by atoms with Gasteiger partial charge in [-0.15, -0.1) is 0 Å². The number of carbonyl (C=O) groups excluding carboxylic acids is 1. The van der Waals surface area contributed by atoms with Gasteiger partial charge in [0, 0.05) is 50.7 Å². The molecule has 11 heteroatoms.